The number of rotatable bonds is 2. The van der Waals surface area contributed by atoms with Crippen LogP contribution in [0.4, 0.5) is 8.78 Å². The molecular weight excluding hydrogens is 238 g/mol. The van der Waals surface area contributed by atoms with Gasteiger partial charge in [-0.05, 0) is 12.1 Å². The van der Waals surface area contributed by atoms with Gasteiger partial charge in [0.2, 0.25) is 0 Å². The van der Waals surface area contributed by atoms with Gasteiger partial charge in [-0.3, -0.25) is 4.90 Å². The molecule has 2 aromatic rings. The number of benzene rings is 1. The van der Waals surface area contributed by atoms with Crippen molar-refractivity contribution in [2.45, 2.75) is 25.3 Å². The van der Waals surface area contributed by atoms with Crippen LogP contribution in [0.3, 0.4) is 0 Å². The lowest BCUT2D eigenvalue weighted by Gasteiger charge is -2.30. The van der Waals surface area contributed by atoms with Gasteiger partial charge in [0.15, 0.2) is 5.58 Å². The van der Waals surface area contributed by atoms with Crippen LogP contribution in [0.5, 0.6) is 0 Å². The van der Waals surface area contributed by atoms with Crippen molar-refractivity contribution >= 4 is 11.0 Å². The van der Waals surface area contributed by atoms with E-state index in [2.05, 4.69) is 5.16 Å². The highest BCUT2D eigenvalue weighted by Gasteiger charge is 2.34. The Bertz CT molecular complexity index is 543. The van der Waals surface area contributed by atoms with Gasteiger partial charge in [-0.1, -0.05) is 17.3 Å². The van der Waals surface area contributed by atoms with Crippen LogP contribution in [0, 0.1) is 0 Å². The number of hydrogen-bond donors (Lipinski definition) is 0. The van der Waals surface area contributed by atoms with Crippen LogP contribution in [-0.2, 0) is 6.54 Å². The van der Waals surface area contributed by atoms with Crippen molar-refractivity contribution in [3.63, 3.8) is 0 Å². The van der Waals surface area contributed by atoms with E-state index in [0.29, 0.717) is 19.6 Å². The summed E-state index contributed by atoms with van der Waals surface area (Å²) in [4.78, 5) is 2.00. The van der Waals surface area contributed by atoms with Gasteiger partial charge in [-0.25, -0.2) is 8.78 Å². The van der Waals surface area contributed by atoms with E-state index in [1.807, 2.05) is 29.2 Å². The maximum atomic E-state index is 13.0. The van der Waals surface area contributed by atoms with Gasteiger partial charge < -0.3 is 4.52 Å². The Balaban J connectivity index is 1.74. The minimum Gasteiger partial charge on any atom is -0.356 e. The van der Waals surface area contributed by atoms with Crippen LogP contribution in [0.2, 0.25) is 0 Å². The zero-order valence-corrected chi connectivity index (χ0v) is 9.90. The van der Waals surface area contributed by atoms with Gasteiger partial charge in [0.05, 0.1) is 0 Å². The number of halogens is 2. The Morgan fingerprint density at radius 3 is 2.72 bits per heavy atom. The molecule has 1 aromatic carbocycles. The molecule has 1 saturated heterocycles. The first-order chi connectivity index (χ1) is 8.64. The van der Waals surface area contributed by atoms with Crippen molar-refractivity contribution in [1.82, 2.24) is 10.1 Å². The molecule has 2 heterocycles. The number of nitrogens with zero attached hydrogens (tertiary/aromatic N) is 2. The van der Waals surface area contributed by atoms with E-state index in [1.165, 1.54) is 0 Å². The molecule has 18 heavy (non-hydrogen) atoms. The summed E-state index contributed by atoms with van der Waals surface area (Å²) >= 11 is 0. The Morgan fingerprint density at radius 1 is 1.22 bits per heavy atom. The van der Waals surface area contributed by atoms with E-state index >= 15 is 0 Å². The topological polar surface area (TPSA) is 29.3 Å². The molecule has 1 aromatic heterocycles. The average Bonchev–Trinajstić information content (AvgIpc) is 2.76. The van der Waals surface area contributed by atoms with Gasteiger partial charge in [-0.15, -0.1) is 0 Å². The van der Waals surface area contributed by atoms with Crippen LogP contribution in [0.15, 0.2) is 28.8 Å². The molecule has 0 aliphatic carbocycles. The van der Waals surface area contributed by atoms with Crippen molar-refractivity contribution in [2.24, 2.45) is 0 Å². The van der Waals surface area contributed by atoms with Gasteiger partial charge >= 0.3 is 0 Å². The number of likely N-dealkylation sites (tertiary alicyclic amines) is 1. The maximum absolute atomic E-state index is 13.0. The first kappa shape index (κ1) is 11.6. The number of fused-ring (bicyclic) bond motifs is 1. The summed E-state index contributed by atoms with van der Waals surface area (Å²) < 4.78 is 31.3. The maximum Gasteiger partial charge on any atom is 0.250 e. The summed E-state index contributed by atoms with van der Waals surface area (Å²) in [5, 5.41) is 4.99. The normalized spacial score (nSPS) is 20.3. The standard InChI is InChI=1S/C13H14F2N2O/c14-13(15)5-7-17(8-6-13)9-11-10-3-1-2-4-12(10)18-16-11/h1-4H,5-9H2. The SMILES string of the molecule is FC1(F)CCN(Cc2noc3ccccc23)CC1. The highest BCUT2D eigenvalue weighted by molar-refractivity contribution is 5.79. The fourth-order valence-electron chi connectivity index (χ4n) is 2.30. The molecule has 0 N–H and O–H groups in total. The summed E-state index contributed by atoms with van der Waals surface area (Å²) in [6.07, 6.45) is -0.133. The van der Waals surface area contributed by atoms with Crippen LogP contribution in [0.1, 0.15) is 18.5 Å². The third kappa shape index (κ3) is 2.22. The van der Waals surface area contributed by atoms with E-state index < -0.39 is 5.92 Å². The predicted molar refractivity (Wildman–Crippen MR) is 63.5 cm³/mol. The fourth-order valence-corrected chi connectivity index (χ4v) is 2.30. The van der Waals surface area contributed by atoms with Crippen LogP contribution < -0.4 is 0 Å². The minimum atomic E-state index is -2.50. The molecule has 1 fully saturated rings. The van der Waals surface area contributed by atoms with Crippen LogP contribution >= 0.6 is 0 Å². The first-order valence-corrected chi connectivity index (χ1v) is 6.07. The molecular formula is C13H14F2N2O. The van der Waals surface area contributed by atoms with Crippen molar-refractivity contribution in [3.8, 4) is 0 Å². The van der Waals surface area contributed by atoms with Crippen molar-refractivity contribution in [2.75, 3.05) is 13.1 Å². The van der Waals surface area contributed by atoms with Gasteiger partial charge in [0.1, 0.15) is 5.69 Å². The van der Waals surface area contributed by atoms with E-state index in [0.717, 1.165) is 16.7 Å². The average molecular weight is 252 g/mol. The molecule has 96 valence electrons. The fraction of sp³-hybridized carbons (Fsp3) is 0.462. The second-order valence-electron chi connectivity index (χ2n) is 4.76. The number of para-hydroxylation sites is 1. The smallest absolute Gasteiger partial charge is 0.250 e. The second kappa shape index (κ2) is 4.31. The molecule has 0 spiro atoms. The Morgan fingerprint density at radius 2 is 1.94 bits per heavy atom. The van der Waals surface area contributed by atoms with Crippen LogP contribution in [0.25, 0.3) is 11.0 Å². The lowest BCUT2D eigenvalue weighted by atomic mass is 10.1. The molecule has 0 amide bonds. The third-order valence-electron chi connectivity index (χ3n) is 3.41. The van der Waals surface area contributed by atoms with E-state index in [1.54, 1.807) is 0 Å². The van der Waals surface area contributed by atoms with E-state index in [4.69, 9.17) is 4.52 Å². The largest absolute Gasteiger partial charge is 0.356 e. The molecule has 0 atom stereocenters. The Hall–Kier alpha value is -1.49. The summed E-state index contributed by atoms with van der Waals surface area (Å²) in [6.45, 7) is 1.40. The van der Waals surface area contributed by atoms with Gasteiger partial charge in [0, 0.05) is 37.9 Å². The lowest BCUT2D eigenvalue weighted by molar-refractivity contribution is -0.0568. The second-order valence-corrected chi connectivity index (χ2v) is 4.76. The van der Waals surface area contributed by atoms with E-state index in [9.17, 15) is 8.78 Å². The quantitative estimate of drug-likeness (QED) is 0.822. The summed E-state index contributed by atoms with van der Waals surface area (Å²) in [7, 11) is 0. The third-order valence-corrected chi connectivity index (χ3v) is 3.41. The van der Waals surface area contributed by atoms with Crippen molar-refractivity contribution in [3.05, 3.63) is 30.0 Å². The number of aromatic nitrogens is 1. The number of piperidine rings is 1. The highest BCUT2D eigenvalue weighted by atomic mass is 19.3. The monoisotopic (exact) mass is 252 g/mol. The Labute approximate surface area is 103 Å². The zero-order valence-electron chi connectivity index (χ0n) is 9.90. The Kier molecular flexibility index (Phi) is 2.78. The molecule has 0 radical (unpaired) electrons. The van der Waals surface area contributed by atoms with Gasteiger partial charge in [-0.2, -0.15) is 0 Å². The minimum absolute atomic E-state index is 0.0667. The number of alkyl halides is 2. The lowest BCUT2D eigenvalue weighted by Crippen LogP contribution is -2.38. The summed E-state index contributed by atoms with van der Waals surface area (Å²) in [5.74, 6) is -2.50. The molecule has 1 aliphatic rings. The molecule has 0 bridgehead atoms. The van der Waals surface area contributed by atoms with Crippen LogP contribution in [-0.4, -0.2) is 29.1 Å². The molecule has 5 heteroatoms. The zero-order chi connectivity index (χ0) is 12.6. The van der Waals surface area contributed by atoms with Crippen molar-refractivity contribution < 1.29 is 13.3 Å². The molecule has 0 unspecified atom stereocenters. The number of hydrogen-bond acceptors (Lipinski definition) is 3. The molecule has 1 aliphatic heterocycles. The molecule has 0 saturated carbocycles. The predicted octanol–water partition coefficient (Wildman–Crippen LogP) is 3.06. The highest BCUT2D eigenvalue weighted by Crippen LogP contribution is 2.29. The van der Waals surface area contributed by atoms with Gasteiger partial charge in [0.25, 0.3) is 5.92 Å². The van der Waals surface area contributed by atoms with Crippen molar-refractivity contribution in [1.29, 1.82) is 0 Å². The summed E-state index contributed by atoms with van der Waals surface area (Å²) in [6, 6.07) is 7.61. The summed E-state index contributed by atoms with van der Waals surface area (Å²) in [5.41, 5.74) is 1.57. The molecule has 3 nitrogen and oxygen atoms in total. The van der Waals surface area contributed by atoms with E-state index in [-0.39, 0.29) is 12.8 Å². The molecule has 3 rings (SSSR count). The first-order valence-electron chi connectivity index (χ1n) is 6.07.